The van der Waals surface area contributed by atoms with Crippen LogP contribution in [0.15, 0.2) is 0 Å². The predicted molar refractivity (Wildman–Crippen MR) is 61.8 cm³/mol. The van der Waals surface area contributed by atoms with Crippen LogP contribution in [-0.2, 0) is 9.47 Å². The van der Waals surface area contributed by atoms with Gasteiger partial charge < -0.3 is 15.2 Å². The van der Waals surface area contributed by atoms with Crippen molar-refractivity contribution in [2.45, 2.75) is 51.2 Å². The minimum Gasteiger partial charge on any atom is -0.383 e. The third kappa shape index (κ3) is 4.49. The van der Waals surface area contributed by atoms with E-state index in [1.54, 1.807) is 7.11 Å². The molecule has 1 saturated carbocycles. The SMILES string of the molecule is CCC1CCCCC1OCC(N)COC. The molecular weight excluding hydrogens is 190 g/mol. The molecule has 0 aliphatic heterocycles. The Morgan fingerprint density at radius 1 is 1.27 bits per heavy atom. The molecule has 0 heterocycles. The van der Waals surface area contributed by atoms with Gasteiger partial charge in [-0.15, -0.1) is 0 Å². The molecule has 0 aromatic rings. The third-order valence-electron chi connectivity index (χ3n) is 3.27. The van der Waals surface area contributed by atoms with Crippen LogP contribution in [0.4, 0.5) is 0 Å². The molecule has 0 spiro atoms. The molecule has 3 nitrogen and oxygen atoms in total. The summed E-state index contributed by atoms with van der Waals surface area (Å²) in [5.74, 6) is 0.744. The molecular formula is C12H25NO2. The monoisotopic (exact) mass is 215 g/mol. The van der Waals surface area contributed by atoms with Crippen LogP contribution in [0.5, 0.6) is 0 Å². The fraction of sp³-hybridized carbons (Fsp3) is 1.00. The van der Waals surface area contributed by atoms with Crippen molar-refractivity contribution >= 4 is 0 Å². The molecule has 0 aromatic heterocycles. The Kier molecular flexibility index (Phi) is 6.22. The molecule has 1 aliphatic carbocycles. The lowest BCUT2D eigenvalue weighted by Crippen LogP contribution is -2.36. The Morgan fingerprint density at radius 2 is 2.00 bits per heavy atom. The van der Waals surface area contributed by atoms with Crippen LogP contribution in [0.25, 0.3) is 0 Å². The van der Waals surface area contributed by atoms with E-state index in [-0.39, 0.29) is 6.04 Å². The highest BCUT2D eigenvalue weighted by atomic mass is 16.5. The molecule has 1 rings (SSSR count). The molecule has 15 heavy (non-hydrogen) atoms. The van der Waals surface area contributed by atoms with Gasteiger partial charge in [0.2, 0.25) is 0 Å². The Balaban J connectivity index is 2.22. The Bertz CT molecular complexity index is 164. The van der Waals surface area contributed by atoms with E-state index in [9.17, 15) is 0 Å². The third-order valence-corrected chi connectivity index (χ3v) is 3.27. The molecule has 1 fully saturated rings. The van der Waals surface area contributed by atoms with Gasteiger partial charge >= 0.3 is 0 Å². The summed E-state index contributed by atoms with van der Waals surface area (Å²) < 4.78 is 10.9. The van der Waals surface area contributed by atoms with Gasteiger partial charge in [-0.05, 0) is 18.8 Å². The lowest BCUT2D eigenvalue weighted by molar-refractivity contribution is -0.0248. The van der Waals surface area contributed by atoms with Gasteiger partial charge in [0.15, 0.2) is 0 Å². The molecule has 3 heteroatoms. The van der Waals surface area contributed by atoms with Gasteiger partial charge in [0.1, 0.15) is 0 Å². The summed E-state index contributed by atoms with van der Waals surface area (Å²) in [7, 11) is 1.68. The smallest absolute Gasteiger partial charge is 0.0643 e. The molecule has 0 radical (unpaired) electrons. The van der Waals surface area contributed by atoms with Crippen molar-refractivity contribution in [3.8, 4) is 0 Å². The molecule has 2 N–H and O–H groups in total. The van der Waals surface area contributed by atoms with Crippen LogP contribution in [-0.4, -0.2) is 32.5 Å². The zero-order valence-electron chi connectivity index (χ0n) is 10.1. The van der Waals surface area contributed by atoms with Crippen molar-refractivity contribution < 1.29 is 9.47 Å². The zero-order chi connectivity index (χ0) is 11.1. The van der Waals surface area contributed by atoms with E-state index in [1.807, 2.05) is 0 Å². The summed E-state index contributed by atoms with van der Waals surface area (Å²) in [5, 5.41) is 0. The van der Waals surface area contributed by atoms with Gasteiger partial charge in [-0.25, -0.2) is 0 Å². The van der Waals surface area contributed by atoms with Gasteiger partial charge in [-0.1, -0.05) is 26.2 Å². The average molecular weight is 215 g/mol. The predicted octanol–water partition coefficient (Wildman–Crippen LogP) is 1.95. The summed E-state index contributed by atoms with van der Waals surface area (Å²) in [4.78, 5) is 0. The van der Waals surface area contributed by atoms with Crippen LogP contribution in [0.3, 0.4) is 0 Å². The number of nitrogens with two attached hydrogens (primary N) is 1. The highest BCUT2D eigenvalue weighted by molar-refractivity contribution is 4.75. The first-order chi connectivity index (χ1) is 7.27. The Hall–Kier alpha value is -0.120. The highest BCUT2D eigenvalue weighted by Crippen LogP contribution is 2.28. The highest BCUT2D eigenvalue weighted by Gasteiger charge is 2.24. The molecule has 0 bridgehead atoms. The van der Waals surface area contributed by atoms with E-state index < -0.39 is 0 Å². The van der Waals surface area contributed by atoms with Crippen molar-refractivity contribution in [1.82, 2.24) is 0 Å². The van der Waals surface area contributed by atoms with Crippen molar-refractivity contribution in [1.29, 1.82) is 0 Å². The number of hydrogen-bond acceptors (Lipinski definition) is 3. The summed E-state index contributed by atoms with van der Waals surface area (Å²) in [6.07, 6.45) is 6.86. The summed E-state index contributed by atoms with van der Waals surface area (Å²) in [5.41, 5.74) is 5.84. The van der Waals surface area contributed by atoms with Gasteiger partial charge in [-0.3, -0.25) is 0 Å². The van der Waals surface area contributed by atoms with Crippen molar-refractivity contribution in [3.05, 3.63) is 0 Å². The maximum atomic E-state index is 5.90. The van der Waals surface area contributed by atoms with E-state index in [4.69, 9.17) is 15.2 Å². The van der Waals surface area contributed by atoms with Crippen LogP contribution in [0, 0.1) is 5.92 Å². The van der Waals surface area contributed by atoms with E-state index in [1.165, 1.54) is 32.1 Å². The average Bonchev–Trinajstić information content (AvgIpc) is 2.27. The summed E-state index contributed by atoms with van der Waals surface area (Å²) in [6, 6.07) is 0.0226. The minimum atomic E-state index is 0.0226. The van der Waals surface area contributed by atoms with E-state index in [0.717, 1.165) is 5.92 Å². The first-order valence-electron chi connectivity index (χ1n) is 6.14. The Morgan fingerprint density at radius 3 is 2.67 bits per heavy atom. The molecule has 1 aliphatic rings. The summed E-state index contributed by atoms with van der Waals surface area (Å²) in [6.45, 7) is 3.47. The molecule has 0 amide bonds. The second-order valence-corrected chi connectivity index (χ2v) is 4.54. The molecule has 0 aromatic carbocycles. The van der Waals surface area contributed by atoms with Gasteiger partial charge in [0.05, 0.1) is 25.4 Å². The lowest BCUT2D eigenvalue weighted by atomic mass is 9.85. The normalized spacial score (nSPS) is 29.0. The maximum Gasteiger partial charge on any atom is 0.0643 e. The molecule has 3 unspecified atom stereocenters. The van der Waals surface area contributed by atoms with E-state index in [0.29, 0.717) is 19.3 Å². The molecule has 0 saturated heterocycles. The van der Waals surface area contributed by atoms with Gasteiger partial charge in [0.25, 0.3) is 0 Å². The van der Waals surface area contributed by atoms with Crippen LogP contribution in [0.2, 0.25) is 0 Å². The summed E-state index contributed by atoms with van der Waals surface area (Å²) >= 11 is 0. The fourth-order valence-corrected chi connectivity index (χ4v) is 2.37. The van der Waals surface area contributed by atoms with Crippen LogP contribution >= 0.6 is 0 Å². The maximum absolute atomic E-state index is 5.90. The number of ether oxygens (including phenoxy) is 2. The van der Waals surface area contributed by atoms with Crippen molar-refractivity contribution in [3.63, 3.8) is 0 Å². The minimum absolute atomic E-state index is 0.0226. The van der Waals surface area contributed by atoms with Crippen LogP contribution < -0.4 is 5.73 Å². The van der Waals surface area contributed by atoms with Crippen LogP contribution in [0.1, 0.15) is 39.0 Å². The molecule has 3 atom stereocenters. The quantitative estimate of drug-likeness (QED) is 0.736. The first-order valence-corrected chi connectivity index (χ1v) is 6.14. The van der Waals surface area contributed by atoms with Crippen molar-refractivity contribution in [2.24, 2.45) is 11.7 Å². The second-order valence-electron chi connectivity index (χ2n) is 4.54. The zero-order valence-corrected chi connectivity index (χ0v) is 10.1. The lowest BCUT2D eigenvalue weighted by Gasteiger charge is -2.31. The standard InChI is InChI=1S/C12H25NO2/c1-3-10-6-4-5-7-12(10)15-9-11(13)8-14-2/h10-12H,3-9,13H2,1-2H3. The van der Waals surface area contributed by atoms with E-state index >= 15 is 0 Å². The number of rotatable bonds is 6. The fourth-order valence-electron chi connectivity index (χ4n) is 2.37. The topological polar surface area (TPSA) is 44.5 Å². The van der Waals surface area contributed by atoms with Gasteiger partial charge in [-0.2, -0.15) is 0 Å². The second kappa shape index (κ2) is 7.20. The first kappa shape index (κ1) is 12.9. The largest absolute Gasteiger partial charge is 0.383 e. The van der Waals surface area contributed by atoms with Gasteiger partial charge in [0, 0.05) is 7.11 Å². The van der Waals surface area contributed by atoms with E-state index in [2.05, 4.69) is 6.92 Å². The Labute approximate surface area is 93.3 Å². The molecule has 90 valence electrons. The number of hydrogen-bond donors (Lipinski definition) is 1. The number of methoxy groups -OCH3 is 1. The van der Waals surface area contributed by atoms with Crippen molar-refractivity contribution in [2.75, 3.05) is 20.3 Å².